The van der Waals surface area contributed by atoms with E-state index in [0.29, 0.717) is 28.0 Å². The Morgan fingerprint density at radius 2 is 2.00 bits per heavy atom. The summed E-state index contributed by atoms with van der Waals surface area (Å²) in [5, 5.41) is 11.8. The lowest BCUT2D eigenvalue weighted by Crippen LogP contribution is -2.26. The number of esters is 1. The van der Waals surface area contributed by atoms with Crippen LogP contribution in [0.15, 0.2) is 24.4 Å². The minimum Gasteiger partial charge on any atom is -0.465 e. The van der Waals surface area contributed by atoms with Crippen LogP contribution in [0.1, 0.15) is 36.0 Å². The van der Waals surface area contributed by atoms with E-state index in [1.54, 1.807) is 18.2 Å². The topological polar surface area (TPSA) is 80.2 Å². The van der Waals surface area contributed by atoms with Gasteiger partial charge in [-0.15, -0.1) is 5.10 Å². The predicted octanol–water partition coefficient (Wildman–Crippen LogP) is 3.44. The maximum Gasteiger partial charge on any atom is 0.337 e. The van der Waals surface area contributed by atoms with Gasteiger partial charge in [0.15, 0.2) is 5.82 Å². The van der Waals surface area contributed by atoms with Crippen LogP contribution in [0.5, 0.6) is 0 Å². The normalized spacial score (nSPS) is 14.7. The van der Waals surface area contributed by atoms with Crippen molar-refractivity contribution in [3.8, 4) is 0 Å². The summed E-state index contributed by atoms with van der Waals surface area (Å²) in [7, 11) is 1.34. The molecule has 132 valence electrons. The molecule has 25 heavy (non-hydrogen) atoms. The summed E-state index contributed by atoms with van der Waals surface area (Å²) in [4.78, 5) is 18.4. The van der Waals surface area contributed by atoms with E-state index in [-0.39, 0.29) is 0 Å². The monoisotopic (exact) mass is 361 g/mol. The molecule has 0 bridgehead atoms. The molecule has 2 aromatic rings. The van der Waals surface area contributed by atoms with Crippen molar-refractivity contribution in [2.75, 3.05) is 30.4 Å². The second-order valence-corrected chi connectivity index (χ2v) is 6.26. The van der Waals surface area contributed by atoms with Crippen LogP contribution in [-0.2, 0) is 4.74 Å². The number of anilines is 3. The van der Waals surface area contributed by atoms with Gasteiger partial charge >= 0.3 is 5.97 Å². The van der Waals surface area contributed by atoms with Crippen LogP contribution in [0.3, 0.4) is 0 Å². The van der Waals surface area contributed by atoms with E-state index in [1.165, 1.54) is 26.1 Å². The molecule has 1 aromatic heterocycles. The number of ether oxygens (including phenoxy) is 1. The van der Waals surface area contributed by atoms with Crippen molar-refractivity contribution in [3.63, 3.8) is 0 Å². The largest absolute Gasteiger partial charge is 0.465 e. The highest BCUT2D eigenvalue weighted by molar-refractivity contribution is 6.33. The van der Waals surface area contributed by atoms with Gasteiger partial charge in [0.1, 0.15) is 0 Å². The van der Waals surface area contributed by atoms with Crippen molar-refractivity contribution in [1.29, 1.82) is 0 Å². The van der Waals surface area contributed by atoms with Crippen LogP contribution < -0.4 is 10.2 Å². The Bertz CT molecular complexity index is 748. The molecule has 0 aliphatic carbocycles. The summed E-state index contributed by atoms with van der Waals surface area (Å²) in [5.74, 6) is 0.705. The fourth-order valence-electron chi connectivity index (χ4n) is 2.76. The van der Waals surface area contributed by atoms with Gasteiger partial charge < -0.3 is 15.0 Å². The Balaban J connectivity index is 1.81. The van der Waals surface area contributed by atoms with Gasteiger partial charge in [-0.25, -0.2) is 4.79 Å². The zero-order valence-electron chi connectivity index (χ0n) is 14.0. The van der Waals surface area contributed by atoms with Gasteiger partial charge in [-0.1, -0.05) is 24.4 Å². The fraction of sp³-hybridized carbons (Fsp3) is 0.412. The molecule has 2 heterocycles. The van der Waals surface area contributed by atoms with E-state index in [0.717, 1.165) is 25.9 Å². The van der Waals surface area contributed by atoms with Crippen LogP contribution in [0.25, 0.3) is 0 Å². The number of aromatic nitrogens is 3. The molecule has 1 aromatic carbocycles. The molecule has 0 radical (unpaired) electrons. The molecule has 1 fully saturated rings. The smallest absolute Gasteiger partial charge is 0.337 e. The summed E-state index contributed by atoms with van der Waals surface area (Å²) in [6.07, 6.45) is 6.26. The van der Waals surface area contributed by atoms with Crippen LogP contribution in [0.4, 0.5) is 17.5 Å². The lowest BCUT2D eigenvalue weighted by atomic mass is 10.2. The van der Waals surface area contributed by atoms with Crippen molar-refractivity contribution in [2.24, 2.45) is 0 Å². The van der Waals surface area contributed by atoms with E-state index in [4.69, 9.17) is 16.3 Å². The standard InChI is InChI=1S/C17H20ClN5O2/c1-25-16(24)12-6-7-13(18)14(10-12)20-15-11-19-22-17(21-15)23-8-4-2-3-5-9-23/h6-7,10-11H,2-5,8-9H2,1H3,(H,20,21,22). The number of hydrogen-bond acceptors (Lipinski definition) is 7. The molecule has 0 amide bonds. The number of halogens is 1. The Morgan fingerprint density at radius 1 is 1.24 bits per heavy atom. The first-order chi connectivity index (χ1) is 12.2. The van der Waals surface area contributed by atoms with E-state index >= 15 is 0 Å². The summed E-state index contributed by atoms with van der Waals surface area (Å²) in [6.45, 7) is 1.87. The number of rotatable bonds is 4. The molecule has 1 N–H and O–H groups in total. The predicted molar refractivity (Wildman–Crippen MR) is 96.6 cm³/mol. The van der Waals surface area contributed by atoms with Crippen LogP contribution >= 0.6 is 11.6 Å². The van der Waals surface area contributed by atoms with Crippen molar-refractivity contribution in [2.45, 2.75) is 25.7 Å². The van der Waals surface area contributed by atoms with E-state index in [2.05, 4.69) is 25.4 Å². The van der Waals surface area contributed by atoms with Gasteiger partial charge in [0.25, 0.3) is 0 Å². The quantitative estimate of drug-likeness (QED) is 0.835. The molecule has 1 saturated heterocycles. The first-order valence-corrected chi connectivity index (χ1v) is 8.65. The average molecular weight is 362 g/mol. The van der Waals surface area contributed by atoms with Crippen LogP contribution in [-0.4, -0.2) is 41.3 Å². The third-order valence-electron chi connectivity index (χ3n) is 4.09. The first kappa shape index (κ1) is 17.4. The number of hydrogen-bond donors (Lipinski definition) is 1. The van der Waals surface area contributed by atoms with Crippen molar-refractivity contribution < 1.29 is 9.53 Å². The number of benzene rings is 1. The van der Waals surface area contributed by atoms with E-state index in [9.17, 15) is 4.79 Å². The second kappa shape index (κ2) is 8.11. The molecular weight excluding hydrogens is 342 g/mol. The summed E-state index contributed by atoms with van der Waals surface area (Å²) in [6, 6.07) is 4.88. The average Bonchev–Trinajstić information content (AvgIpc) is 2.92. The highest BCUT2D eigenvalue weighted by Crippen LogP contribution is 2.26. The Morgan fingerprint density at radius 3 is 2.72 bits per heavy atom. The summed E-state index contributed by atoms with van der Waals surface area (Å²) >= 11 is 6.22. The lowest BCUT2D eigenvalue weighted by molar-refractivity contribution is 0.0601. The third-order valence-corrected chi connectivity index (χ3v) is 4.42. The molecule has 0 spiro atoms. The molecule has 1 aliphatic heterocycles. The van der Waals surface area contributed by atoms with Crippen molar-refractivity contribution in [3.05, 3.63) is 35.0 Å². The zero-order valence-corrected chi connectivity index (χ0v) is 14.8. The molecule has 0 atom stereocenters. The Kier molecular flexibility index (Phi) is 5.65. The summed E-state index contributed by atoms with van der Waals surface area (Å²) in [5.41, 5.74) is 0.969. The van der Waals surface area contributed by atoms with Crippen LogP contribution in [0.2, 0.25) is 5.02 Å². The van der Waals surface area contributed by atoms with Crippen molar-refractivity contribution in [1.82, 2.24) is 15.2 Å². The Labute approximate surface area is 151 Å². The van der Waals surface area contributed by atoms with Crippen molar-refractivity contribution >= 4 is 35.0 Å². The van der Waals surface area contributed by atoms with Gasteiger partial charge in [0.2, 0.25) is 5.95 Å². The number of methoxy groups -OCH3 is 1. The van der Waals surface area contributed by atoms with Gasteiger partial charge in [0, 0.05) is 13.1 Å². The van der Waals surface area contributed by atoms with E-state index < -0.39 is 5.97 Å². The summed E-state index contributed by atoms with van der Waals surface area (Å²) < 4.78 is 4.74. The SMILES string of the molecule is COC(=O)c1ccc(Cl)c(Nc2cnnc(N3CCCCCC3)n2)c1. The minimum absolute atomic E-state index is 0.407. The molecule has 8 heteroatoms. The van der Waals surface area contributed by atoms with Gasteiger partial charge in [0.05, 0.1) is 29.6 Å². The molecule has 3 rings (SSSR count). The number of carbonyl (C=O) groups excluding carboxylic acids is 1. The molecule has 0 saturated carbocycles. The van der Waals surface area contributed by atoms with Gasteiger partial charge in [-0.05, 0) is 31.0 Å². The first-order valence-electron chi connectivity index (χ1n) is 8.27. The molecule has 1 aliphatic rings. The highest BCUT2D eigenvalue weighted by Gasteiger charge is 2.14. The van der Waals surface area contributed by atoms with E-state index in [1.807, 2.05) is 0 Å². The third kappa shape index (κ3) is 4.36. The molecular formula is C17H20ClN5O2. The van der Waals surface area contributed by atoms with Gasteiger partial charge in [-0.3, -0.25) is 0 Å². The number of nitrogens with one attached hydrogen (secondary N) is 1. The molecule has 0 unspecified atom stereocenters. The second-order valence-electron chi connectivity index (χ2n) is 5.85. The molecule has 7 nitrogen and oxygen atoms in total. The maximum absolute atomic E-state index is 11.7. The van der Waals surface area contributed by atoms with Crippen LogP contribution in [0, 0.1) is 0 Å². The minimum atomic E-state index is -0.425. The highest BCUT2D eigenvalue weighted by atomic mass is 35.5. The zero-order chi connectivity index (χ0) is 17.6. The fourth-order valence-corrected chi connectivity index (χ4v) is 2.93. The lowest BCUT2D eigenvalue weighted by Gasteiger charge is -2.19. The maximum atomic E-state index is 11.7. The number of carbonyl (C=O) groups is 1. The van der Waals surface area contributed by atoms with Gasteiger partial charge in [-0.2, -0.15) is 10.1 Å². The number of nitrogens with zero attached hydrogens (tertiary/aromatic N) is 4. The Hall–Kier alpha value is -2.41.